The van der Waals surface area contributed by atoms with Gasteiger partial charge in [0, 0.05) is 5.97 Å². The van der Waals surface area contributed by atoms with Crippen molar-refractivity contribution in [3.8, 4) is 0 Å². The van der Waals surface area contributed by atoms with Gasteiger partial charge in [0.2, 0.25) is 0 Å². The third kappa shape index (κ3) is 24.9. The summed E-state index contributed by atoms with van der Waals surface area (Å²) in [4.78, 5) is 9.90. The molecule has 0 heterocycles. The molecule has 0 aromatic heterocycles. The van der Waals surface area contributed by atoms with Crippen molar-refractivity contribution in [2.45, 2.75) is 27.2 Å². The zero-order chi connectivity index (χ0) is 6.78. The fraction of sp³-hybridized carbons (Fsp3) is 0.833. The third-order valence-corrected chi connectivity index (χ3v) is 0.675. The van der Waals surface area contributed by atoms with Crippen LogP contribution in [0.15, 0.2) is 0 Å². The smallest absolute Gasteiger partial charge is 0.550 e. The van der Waals surface area contributed by atoms with Crippen molar-refractivity contribution in [2.75, 3.05) is 0 Å². The molecule has 2 nitrogen and oxygen atoms in total. The Hall–Kier alpha value is 0.730. The Morgan fingerprint density at radius 2 is 1.55 bits per heavy atom. The Labute approximate surface area is 94.4 Å². The van der Waals surface area contributed by atoms with E-state index in [0.29, 0.717) is 0 Å². The largest absolute Gasteiger partial charge is 1.00 e. The first-order chi connectivity index (χ1) is 3.42. The second kappa shape index (κ2) is 8.82. The fourth-order valence-electron chi connectivity index (χ4n) is 0.433. The van der Waals surface area contributed by atoms with E-state index in [2.05, 4.69) is 0 Å². The maximum Gasteiger partial charge on any atom is 1.00 e. The normalized spacial score (nSPS) is 8.27. The summed E-state index contributed by atoms with van der Waals surface area (Å²) in [5.41, 5.74) is -0.140. The summed E-state index contributed by atoms with van der Waals surface area (Å²) < 4.78 is 0. The second-order valence-corrected chi connectivity index (χ2v) is 3.11. The number of carbonyl (C=O) groups is 1. The van der Waals surface area contributed by atoms with E-state index in [1.165, 1.54) is 0 Å². The molecule has 5 heteroatoms. The van der Waals surface area contributed by atoms with E-state index in [4.69, 9.17) is 0 Å². The molecule has 0 aromatic rings. The van der Waals surface area contributed by atoms with Gasteiger partial charge in [0.15, 0.2) is 0 Å². The van der Waals surface area contributed by atoms with Crippen molar-refractivity contribution >= 4 is 14.4 Å². The van der Waals surface area contributed by atoms with E-state index in [-0.39, 0.29) is 58.0 Å². The van der Waals surface area contributed by atoms with E-state index in [0.717, 1.165) is 0 Å². The Morgan fingerprint density at radius 1 is 1.27 bits per heavy atom. The number of carboxylic acid groups (broad SMARTS) is 1. The van der Waals surface area contributed by atoms with E-state index in [1.54, 1.807) is 0 Å². The van der Waals surface area contributed by atoms with Gasteiger partial charge in [-0.15, -0.1) is 0 Å². The van der Waals surface area contributed by atoms with Crippen LogP contribution in [-0.4, -0.2) is 14.4 Å². The van der Waals surface area contributed by atoms with Crippen LogP contribution in [-0.2, 0) is 4.79 Å². The van der Waals surface area contributed by atoms with Crippen LogP contribution >= 0.6 is 0 Å². The van der Waals surface area contributed by atoms with Crippen molar-refractivity contribution in [1.82, 2.24) is 0 Å². The molecule has 0 unspecified atom stereocenters. The Bertz CT molecular complexity index is 101. The first-order valence-electron chi connectivity index (χ1n) is 2.62. The quantitative estimate of drug-likeness (QED) is 0.343. The van der Waals surface area contributed by atoms with E-state index >= 15 is 0 Å². The molecule has 0 aliphatic rings. The zero-order valence-electron chi connectivity index (χ0n) is 7.52. The zero-order valence-corrected chi connectivity index (χ0v) is 7.52. The molecule has 0 aliphatic heterocycles. The van der Waals surface area contributed by atoms with Gasteiger partial charge < -0.3 is 9.90 Å². The van der Waals surface area contributed by atoms with Gasteiger partial charge in [-0.25, -0.2) is 0 Å². The van der Waals surface area contributed by atoms with Gasteiger partial charge in [-0.3, -0.25) is 0 Å². The maximum absolute atomic E-state index is 9.90. The fourth-order valence-corrected chi connectivity index (χ4v) is 0.433. The van der Waals surface area contributed by atoms with Crippen LogP contribution < -0.4 is 42.8 Å². The molecule has 0 spiro atoms. The molecular formula is C6H15BLi2O2. The van der Waals surface area contributed by atoms with Crippen LogP contribution in [0.4, 0.5) is 0 Å². The molecule has 0 fully saturated rings. The molecule has 0 amide bonds. The van der Waals surface area contributed by atoms with Crippen LogP contribution in [0.1, 0.15) is 27.2 Å². The van der Waals surface area contributed by atoms with Gasteiger partial charge in [-0.2, -0.15) is 0 Å². The summed E-state index contributed by atoms with van der Waals surface area (Å²) in [6.45, 7) is 5.59. The number of rotatable bonds is 1. The minimum Gasteiger partial charge on any atom is -0.550 e. The molecule has 0 aliphatic carbocycles. The van der Waals surface area contributed by atoms with Gasteiger partial charge in [-0.1, -0.05) is 29.2 Å². The molecule has 11 heavy (non-hydrogen) atoms. The second-order valence-electron chi connectivity index (χ2n) is 3.11. The summed E-state index contributed by atoms with van der Waals surface area (Å²) in [5.74, 6) is -0.975. The van der Waals surface area contributed by atoms with Crippen molar-refractivity contribution in [3.05, 3.63) is 0 Å². The molecule has 0 saturated carbocycles. The summed E-state index contributed by atoms with van der Waals surface area (Å²) in [5, 5.41) is 9.90. The van der Waals surface area contributed by atoms with Gasteiger partial charge >= 0.3 is 37.7 Å². The average molecular weight is 144 g/mol. The van der Waals surface area contributed by atoms with E-state index < -0.39 is 5.97 Å². The van der Waals surface area contributed by atoms with Crippen molar-refractivity contribution in [2.24, 2.45) is 5.41 Å². The first kappa shape index (κ1) is 22.6. The number of carbonyl (C=O) groups excluding carboxylic acids is 1. The molecule has 0 aromatic carbocycles. The predicted octanol–water partition coefficient (Wildman–Crippen LogP) is -7.27. The van der Waals surface area contributed by atoms with Gasteiger partial charge in [0.05, 0.1) is 0 Å². The SMILES string of the molecule is CC(C)(C)CC(=O)[O-].[BH4-].[Li+].[Li+]. The van der Waals surface area contributed by atoms with Crippen LogP contribution in [0.25, 0.3) is 0 Å². The third-order valence-electron chi connectivity index (χ3n) is 0.675. The van der Waals surface area contributed by atoms with Crippen molar-refractivity contribution in [1.29, 1.82) is 0 Å². The van der Waals surface area contributed by atoms with Crippen molar-refractivity contribution < 1.29 is 47.6 Å². The van der Waals surface area contributed by atoms with E-state index in [9.17, 15) is 9.90 Å². The summed E-state index contributed by atoms with van der Waals surface area (Å²) in [7, 11) is 0. The topological polar surface area (TPSA) is 40.1 Å². The Morgan fingerprint density at radius 3 is 1.55 bits per heavy atom. The Balaban J connectivity index is -0.0000000817. The van der Waals surface area contributed by atoms with Crippen LogP contribution in [0.3, 0.4) is 0 Å². The van der Waals surface area contributed by atoms with Crippen LogP contribution in [0, 0.1) is 5.41 Å². The summed E-state index contributed by atoms with van der Waals surface area (Å²) >= 11 is 0. The van der Waals surface area contributed by atoms with Crippen molar-refractivity contribution in [3.63, 3.8) is 0 Å². The minimum absolute atomic E-state index is 0. The predicted molar refractivity (Wildman–Crippen MR) is 40.4 cm³/mol. The Kier molecular flexibility index (Phi) is 18.1. The van der Waals surface area contributed by atoms with E-state index in [1.807, 2.05) is 20.8 Å². The monoisotopic (exact) mass is 144 g/mol. The van der Waals surface area contributed by atoms with Crippen LogP contribution in [0.2, 0.25) is 0 Å². The molecular weight excluding hydrogens is 129 g/mol. The standard InChI is InChI=1S/C6H12O2.BH4.2Li/c1-6(2,3)4-5(7)8;;;/h4H2,1-3H3,(H,7,8);1H4;;/q;-1;2*+1/p-1. The molecule has 56 valence electrons. The van der Waals surface area contributed by atoms with Gasteiger partial charge in [-0.05, 0) is 11.8 Å². The summed E-state index contributed by atoms with van der Waals surface area (Å²) in [6, 6.07) is 0. The average Bonchev–Trinajstić information content (AvgIpc) is 1.21. The molecule has 0 atom stereocenters. The van der Waals surface area contributed by atoms with Gasteiger partial charge in [0.25, 0.3) is 0 Å². The molecule has 0 radical (unpaired) electrons. The number of hydrogen-bond acceptors (Lipinski definition) is 2. The van der Waals surface area contributed by atoms with Crippen LogP contribution in [0.5, 0.6) is 0 Å². The number of carboxylic acids is 1. The molecule has 0 rings (SSSR count). The maximum atomic E-state index is 9.90. The molecule has 0 saturated heterocycles. The molecule has 0 N–H and O–H groups in total. The minimum atomic E-state index is -0.975. The van der Waals surface area contributed by atoms with Gasteiger partial charge in [0.1, 0.15) is 0 Å². The first-order valence-corrected chi connectivity index (χ1v) is 2.62. The number of aliphatic carboxylic acids is 1. The molecule has 0 bridgehead atoms. The number of hydrogen-bond donors (Lipinski definition) is 0. The summed E-state index contributed by atoms with van der Waals surface area (Å²) in [6.07, 6.45) is 0.132.